The first-order chi connectivity index (χ1) is 13.6. The maximum atomic E-state index is 12.9. The van der Waals surface area contributed by atoms with E-state index in [4.69, 9.17) is 0 Å². The molecule has 1 amide bonds. The van der Waals surface area contributed by atoms with Crippen LogP contribution >= 0.6 is 0 Å². The topological polar surface area (TPSA) is 114 Å². The summed E-state index contributed by atoms with van der Waals surface area (Å²) in [6.07, 6.45) is 5.46. The highest BCUT2D eigenvalue weighted by atomic mass is 32.2. The first-order valence-electron chi connectivity index (χ1n) is 9.73. The third-order valence-corrected chi connectivity index (χ3v) is 6.60. The first-order valence-corrected chi connectivity index (χ1v) is 11.2. The Kier molecular flexibility index (Phi) is 6.11. The van der Waals surface area contributed by atoms with Gasteiger partial charge in [0.1, 0.15) is 6.04 Å². The zero-order valence-corrected chi connectivity index (χ0v) is 18.3. The minimum absolute atomic E-state index is 0.304. The number of nitrogens with zero attached hydrogens (tertiary/aromatic N) is 5. The Balaban J connectivity index is 1.80. The Bertz CT molecular complexity index is 979. The number of anilines is 1. The lowest BCUT2D eigenvalue weighted by Gasteiger charge is -2.35. The van der Waals surface area contributed by atoms with Crippen LogP contribution in [0.2, 0.25) is 0 Å². The van der Waals surface area contributed by atoms with Crippen LogP contribution in [-0.2, 0) is 28.1 Å². The maximum absolute atomic E-state index is 12.9. The molecule has 2 aromatic rings. The normalized spacial score (nSPS) is 22.1. The van der Waals surface area contributed by atoms with E-state index < -0.39 is 22.3 Å². The summed E-state index contributed by atoms with van der Waals surface area (Å²) in [5.41, 5.74) is 2.08. The number of hydrogen-bond donors (Lipinski definition) is 2. The summed E-state index contributed by atoms with van der Waals surface area (Å²) in [6, 6.07) is -1.36. The fourth-order valence-corrected chi connectivity index (χ4v) is 4.74. The molecule has 0 radical (unpaired) electrons. The van der Waals surface area contributed by atoms with E-state index in [0.29, 0.717) is 24.6 Å². The Morgan fingerprint density at radius 3 is 2.69 bits per heavy atom. The van der Waals surface area contributed by atoms with E-state index in [1.54, 1.807) is 21.8 Å². The molecule has 0 spiro atoms. The van der Waals surface area contributed by atoms with Crippen molar-refractivity contribution in [1.29, 1.82) is 0 Å². The van der Waals surface area contributed by atoms with Gasteiger partial charge >= 0.3 is 0 Å². The van der Waals surface area contributed by atoms with Crippen LogP contribution < -0.4 is 10.0 Å². The smallest absolute Gasteiger partial charge is 0.280 e. The van der Waals surface area contributed by atoms with Gasteiger partial charge in [-0.1, -0.05) is 13.8 Å². The van der Waals surface area contributed by atoms with Crippen molar-refractivity contribution in [3.63, 3.8) is 0 Å². The van der Waals surface area contributed by atoms with Gasteiger partial charge in [0.2, 0.25) is 5.91 Å². The van der Waals surface area contributed by atoms with E-state index in [1.807, 2.05) is 20.0 Å². The highest BCUT2D eigenvalue weighted by Crippen LogP contribution is 2.30. The average molecular weight is 424 g/mol. The standard InChI is InChI=1S/C18H29N7O3S/c1-6-24-11-15(13(4)21-24)16-7-17(23(5)29(27,28)22-16)18(26)20-14-8-19-25(10-14)9-12(2)3/h8,10-12,16-17,22H,6-7,9H2,1-5H3,(H,20,26). The molecule has 11 heteroatoms. The second-order valence-corrected chi connectivity index (χ2v) is 9.56. The van der Waals surface area contributed by atoms with Gasteiger partial charge in [0.25, 0.3) is 10.2 Å². The van der Waals surface area contributed by atoms with Gasteiger partial charge in [0.15, 0.2) is 0 Å². The van der Waals surface area contributed by atoms with Gasteiger partial charge in [-0.25, -0.2) is 0 Å². The Morgan fingerprint density at radius 2 is 2.07 bits per heavy atom. The van der Waals surface area contributed by atoms with Crippen molar-refractivity contribution in [3.8, 4) is 0 Å². The summed E-state index contributed by atoms with van der Waals surface area (Å²) in [4.78, 5) is 12.9. The molecule has 10 nitrogen and oxygen atoms in total. The first kappa shape index (κ1) is 21.5. The predicted octanol–water partition coefficient (Wildman–Crippen LogP) is 1.28. The van der Waals surface area contributed by atoms with Gasteiger partial charge in [-0.05, 0) is 26.2 Å². The van der Waals surface area contributed by atoms with Crippen LogP contribution in [0.5, 0.6) is 0 Å². The van der Waals surface area contributed by atoms with Gasteiger partial charge in [-0.2, -0.15) is 27.6 Å². The van der Waals surface area contributed by atoms with Crippen molar-refractivity contribution in [2.45, 2.75) is 59.3 Å². The number of aromatic nitrogens is 4. The molecule has 0 bridgehead atoms. The third kappa shape index (κ3) is 4.68. The summed E-state index contributed by atoms with van der Waals surface area (Å²) in [5, 5.41) is 11.4. The molecular formula is C18H29N7O3S. The SMILES string of the molecule is CCn1cc(C2CC(C(=O)Nc3cnn(CC(C)C)c3)N(C)S(=O)(=O)N2)c(C)n1. The van der Waals surface area contributed by atoms with Crippen LogP contribution in [0, 0.1) is 12.8 Å². The van der Waals surface area contributed by atoms with Crippen LogP contribution in [0.1, 0.15) is 44.5 Å². The van der Waals surface area contributed by atoms with E-state index in [2.05, 4.69) is 34.1 Å². The Morgan fingerprint density at radius 1 is 1.34 bits per heavy atom. The minimum atomic E-state index is -3.81. The summed E-state index contributed by atoms with van der Waals surface area (Å²) < 4.78 is 32.5. The van der Waals surface area contributed by atoms with Gasteiger partial charge in [-0.15, -0.1) is 0 Å². The number of rotatable bonds is 6. The molecule has 0 aromatic carbocycles. The predicted molar refractivity (Wildman–Crippen MR) is 109 cm³/mol. The molecule has 1 fully saturated rings. The highest BCUT2D eigenvalue weighted by Gasteiger charge is 2.41. The fraction of sp³-hybridized carbons (Fsp3) is 0.611. The quantitative estimate of drug-likeness (QED) is 0.726. The number of nitrogens with one attached hydrogen (secondary N) is 2. The summed E-state index contributed by atoms with van der Waals surface area (Å²) in [5.74, 6) is 0.0411. The number of likely N-dealkylation sites (N-methyl/N-ethyl adjacent to an activating group) is 1. The number of carbonyl (C=O) groups excluding carboxylic acids is 1. The Labute approximate surface area is 171 Å². The summed E-state index contributed by atoms with van der Waals surface area (Å²) >= 11 is 0. The van der Waals surface area contributed by atoms with Crippen molar-refractivity contribution in [2.24, 2.45) is 5.92 Å². The number of amides is 1. The van der Waals surface area contributed by atoms with E-state index >= 15 is 0 Å². The fourth-order valence-electron chi connectivity index (χ4n) is 3.48. The van der Waals surface area contributed by atoms with E-state index in [-0.39, 0.29) is 5.91 Å². The third-order valence-electron chi connectivity index (χ3n) is 5.01. The molecule has 0 saturated carbocycles. The zero-order valence-electron chi connectivity index (χ0n) is 17.5. The van der Waals surface area contributed by atoms with Crippen LogP contribution in [-0.4, -0.2) is 51.3 Å². The van der Waals surface area contributed by atoms with Crippen molar-refractivity contribution in [2.75, 3.05) is 12.4 Å². The van der Waals surface area contributed by atoms with E-state index in [0.717, 1.165) is 22.1 Å². The molecule has 160 valence electrons. The van der Waals surface area contributed by atoms with E-state index in [1.165, 1.54) is 7.05 Å². The van der Waals surface area contributed by atoms with Gasteiger partial charge in [0.05, 0.1) is 23.6 Å². The lowest BCUT2D eigenvalue weighted by molar-refractivity contribution is -0.120. The lowest BCUT2D eigenvalue weighted by atomic mass is 10.00. The number of carbonyl (C=O) groups is 1. The van der Waals surface area contributed by atoms with Gasteiger partial charge < -0.3 is 5.32 Å². The monoisotopic (exact) mass is 423 g/mol. The summed E-state index contributed by atoms with van der Waals surface area (Å²) in [6.45, 7) is 9.39. The second-order valence-electron chi connectivity index (χ2n) is 7.80. The molecule has 2 atom stereocenters. The molecular weight excluding hydrogens is 394 g/mol. The van der Waals surface area contributed by atoms with Gasteiger partial charge in [0, 0.05) is 38.1 Å². The molecule has 2 unspecified atom stereocenters. The van der Waals surface area contributed by atoms with Crippen LogP contribution in [0.15, 0.2) is 18.6 Å². The number of aryl methyl sites for hydroxylation is 2. The molecule has 2 aromatic heterocycles. The molecule has 1 aliphatic rings. The highest BCUT2D eigenvalue weighted by molar-refractivity contribution is 7.87. The lowest BCUT2D eigenvalue weighted by Crippen LogP contribution is -2.56. The molecule has 3 heterocycles. The zero-order chi connectivity index (χ0) is 21.3. The molecule has 2 N–H and O–H groups in total. The van der Waals surface area contributed by atoms with Gasteiger partial charge in [-0.3, -0.25) is 14.2 Å². The van der Waals surface area contributed by atoms with Crippen molar-refractivity contribution < 1.29 is 13.2 Å². The number of hydrogen-bond acceptors (Lipinski definition) is 5. The van der Waals surface area contributed by atoms with Crippen LogP contribution in [0.4, 0.5) is 5.69 Å². The van der Waals surface area contributed by atoms with Crippen molar-refractivity contribution >= 4 is 21.8 Å². The van der Waals surface area contributed by atoms with Crippen molar-refractivity contribution in [1.82, 2.24) is 28.6 Å². The summed E-state index contributed by atoms with van der Waals surface area (Å²) in [7, 11) is -2.40. The van der Waals surface area contributed by atoms with E-state index in [9.17, 15) is 13.2 Å². The molecule has 1 aliphatic heterocycles. The molecule has 29 heavy (non-hydrogen) atoms. The largest absolute Gasteiger partial charge is 0.322 e. The average Bonchev–Trinajstić information content (AvgIpc) is 3.22. The molecule has 0 aliphatic carbocycles. The molecule has 3 rings (SSSR count). The molecule has 1 saturated heterocycles. The maximum Gasteiger partial charge on any atom is 0.280 e. The minimum Gasteiger partial charge on any atom is -0.322 e. The van der Waals surface area contributed by atoms with Crippen molar-refractivity contribution in [3.05, 3.63) is 29.8 Å². The second kappa shape index (κ2) is 8.25. The van der Waals surface area contributed by atoms with Crippen LogP contribution in [0.25, 0.3) is 0 Å². The van der Waals surface area contributed by atoms with Crippen LogP contribution in [0.3, 0.4) is 0 Å². The Hall–Kier alpha value is -2.24.